The lowest BCUT2D eigenvalue weighted by atomic mass is 10.1. The standard InChI is InChI=1S/C16H13ClO2S/c1-2-19-16(18)8-10-3-5-12-13-6-4-11(17)9-15(13)20-14(12)7-10/h3-7,9H,2,8H2,1H3. The van der Waals surface area contributed by atoms with E-state index in [0.29, 0.717) is 13.0 Å². The minimum Gasteiger partial charge on any atom is -0.466 e. The second kappa shape index (κ2) is 5.43. The molecule has 0 aliphatic carbocycles. The van der Waals surface area contributed by atoms with Crippen molar-refractivity contribution in [3.05, 3.63) is 47.0 Å². The second-order valence-corrected chi connectivity index (χ2v) is 6.08. The largest absolute Gasteiger partial charge is 0.466 e. The van der Waals surface area contributed by atoms with Crippen LogP contribution >= 0.6 is 22.9 Å². The molecule has 0 aliphatic heterocycles. The molecular formula is C16H13ClO2S. The lowest BCUT2D eigenvalue weighted by Gasteiger charge is -2.02. The molecule has 0 radical (unpaired) electrons. The van der Waals surface area contributed by atoms with Gasteiger partial charge in [-0.2, -0.15) is 0 Å². The van der Waals surface area contributed by atoms with Gasteiger partial charge in [0.05, 0.1) is 13.0 Å². The van der Waals surface area contributed by atoms with Gasteiger partial charge in [-0.3, -0.25) is 4.79 Å². The third-order valence-electron chi connectivity index (χ3n) is 3.15. The number of halogens is 1. The van der Waals surface area contributed by atoms with Gasteiger partial charge in [0.2, 0.25) is 0 Å². The summed E-state index contributed by atoms with van der Waals surface area (Å²) in [4.78, 5) is 11.5. The van der Waals surface area contributed by atoms with Crippen molar-refractivity contribution < 1.29 is 9.53 Å². The fourth-order valence-corrected chi connectivity index (χ4v) is 3.73. The first kappa shape index (κ1) is 13.4. The molecule has 0 saturated heterocycles. The quantitative estimate of drug-likeness (QED) is 0.649. The van der Waals surface area contributed by atoms with Gasteiger partial charge in [-0.25, -0.2) is 0 Å². The summed E-state index contributed by atoms with van der Waals surface area (Å²) < 4.78 is 7.32. The van der Waals surface area contributed by atoms with Gasteiger partial charge in [0.15, 0.2) is 0 Å². The summed E-state index contributed by atoms with van der Waals surface area (Å²) >= 11 is 7.72. The zero-order valence-electron chi connectivity index (χ0n) is 11.0. The highest BCUT2D eigenvalue weighted by atomic mass is 35.5. The first-order valence-electron chi connectivity index (χ1n) is 6.43. The van der Waals surface area contributed by atoms with E-state index in [1.165, 1.54) is 20.2 Å². The van der Waals surface area contributed by atoms with Crippen molar-refractivity contribution in [1.82, 2.24) is 0 Å². The molecule has 0 amide bonds. The fourth-order valence-electron chi connectivity index (χ4n) is 2.28. The van der Waals surface area contributed by atoms with Gasteiger partial charge in [-0.15, -0.1) is 11.3 Å². The molecule has 0 saturated carbocycles. The normalized spacial score (nSPS) is 11.1. The maximum atomic E-state index is 11.5. The summed E-state index contributed by atoms with van der Waals surface area (Å²) in [5.41, 5.74) is 0.980. The van der Waals surface area contributed by atoms with E-state index in [-0.39, 0.29) is 5.97 Å². The average molecular weight is 305 g/mol. The van der Waals surface area contributed by atoms with Gasteiger partial charge in [-0.1, -0.05) is 29.8 Å². The van der Waals surface area contributed by atoms with Crippen molar-refractivity contribution in [1.29, 1.82) is 0 Å². The van der Waals surface area contributed by atoms with Crippen LogP contribution in [0.4, 0.5) is 0 Å². The third-order valence-corrected chi connectivity index (χ3v) is 4.50. The number of hydrogen-bond donors (Lipinski definition) is 0. The van der Waals surface area contributed by atoms with Crippen molar-refractivity contribution in [2.75, 3.05) is 6.61 Å². The predicted octanol–water partition coefficient (Wildman–Crippen LogP) is 4.81. The molecule has 2 nitrogen and oxygen atoms in total. The number of benzene rings is 2. The number of fused-ring (bicyclic) bond motifs is 3. The van der Waals surface area contributed by atoms with Gasteiger partial charge >= 0.3 is 5.97 Å². The van der Waals surface area contributed by atoms with Crippen molar-refractivity contribution in [3.8, 4) is 0 Å². The van der Waals surface area contributed by atoms with E-state index in [1.807, 2.05) is 31.2 Å². The van der Waals surface area contributed by atoms with E-state index in [1.54, 1.807) is 11.3 Å². The van der Waals surface area contributed by atoms with Crippen LogP contribution < -0.4 is 0 Å². The lowest BCUT2D eigenvalue weighted by molar-refractivity contribution is -0.142. The molecule has 3 rings (SSSR count). The second-order valence-electron chi connectivity index (χ2n) is 4.55. The Morgan fingerprint density at radius 2 is 1.85 bits per heavy atom. The summed E-state index contributed by atoms with van der Waals surface area (Å²) in [7, 11) is 0. The highest BCUT2D eigenvalue weighted by Gasteiger charge is 2.09. The van der Waals surface area contributed by atoms with Crippen LogP contribution in [-0.2, 0) is 16.0 Å². The molecule has 1 heterocycles. The van der Waals surface area contributed by atoms with Crippen LogP contribution in [0.25, 0.3) is 20.2 Å². The summed E-state index contributed by atoms with van der Waals surface area (Å²) in [5, 5.41) is 3.15. The SMILES string of the molecule is CCOC(=O)Cc1ccc2c(c1)sc1cc(Cl)ccc12. The molecule has 20 heavy (non-hydrogen) atoms. The fraction of sp³-hybridized carbons (Fsp3) is 0.188. The molecule has 0 bridgehead atoms. The van der Waals surface area contributed by atoms with E-state index >= 15 is 0 Å². The number of thiophene rings is 1. The molecule has 4 heteroatoms. The van der Waals surface area contributed by atoms with Crippen molar-refractivity contribution in [3.63, 3.8) is 0 Å². The molecular weight excluding hydrogens is 292 g/mol. The maximum Gasteiger partial charge on any atom is 0.310 e. The minimum absolute atomic E-state index is 0.184. The monoisotopic (exact) mass is 304 g/mol. The number of esters is 1. The van der Waals surface area contributed by atoms with Crippen LogP contribution in [0.5, 0.6) is 0 Å². The Balaban J connectivity index is 2.03. The molecule has 2 aromatic carbocycles. The topological polar surface area (TPSA) is 26.3 Å². The predicted molar refractivity (Wildman–Crippen MR) is 84.7 cm³/mol. The van der Waals surface area contributed by atoms with E-state index in [2.05, 4.69) is 12.1 Å². The number of rotatable bonds is 3. The molecule has 0 aliphatic rings. The lowest BCUT2D eigenvalue weighted by Crippen LogP contribution is -2.07. The number of hydrogen-bond acceptors (Lipinski definition) is 3. The van der Waals surface area contributed by atoms with E-state index in [4.69, 9.17) is 16.3 Å². The molecule has 0 unspecified atom stereocenters. The molecule has 3 aromatic rings. The van der Waals surface area contributed by atoms with E-state index < -0.39 is 0 Å². The minimum atomic E-state index is -0.184. The average Bonchev–Trinajstić information content (AvgIpc) is 2.75. The first-order chi connectivity index (χ1) is 9.67. The van der Waals surface area contributed by atoms with Gasteiger partial charge in [0.25, 0.3) is 0 Å². The number of carbonyl (C=O) groups excluding carboxylic acids is 1. The Labute approximate surface area is 125 Å². The van der Waals surface area contributed by atoms with Crippen LogP contribution in [0.15, 0.2) is 36.4 Å². The van der Waals surface area contributed by atoms with E-state index in [0.717, 1.165) is 10.6 Å². The number of ether oxygens (including phenoxy) is 1. The molecule has 1 aromatic heterocycles. The van der Waals surface area contributed by atoms with Gasteiger partial charge in [-0.05, 0) is 30.7 Å². The maximum absolute atomic E-state index is 11.5. The zero-order chi connectivity index (χ0) is 14.1. The highest BCUT2D eigenvalue weighted by molar-refractivity contribution is 7.25. The molecule has 0 fully saturated rings. The van der Waals surface area contributed by atoms with Crippen LogP contribution in [0.3, 0.4) is 0 Å². The van der Waals surface area contributed by atoms with Crippen molar-refractivity contribution >= 4 is 49.1 Å². The van der Waals surface area contributed by atoms with E-state index in [9.17, 15) is 4.79 Å². The van der Waals surface area contributed by atoms with Gasteiger partial charge < -0.3 is 4.74 Å². The summed E-state index contributed by atoms with van der Waals surface area (Å²) in [5.74, 6) is -0.184. The Morgan fingerprint density at radius 3 is 2.60 bits per heavy atom. The smallest absolute Gasteiger partial charge is 0.310 e. The Morgan fingerprint density at radius 1 is 1.15 bits per heavy atom. The first-order valence-corrected chi connectivity index (χ1v) is 7.63. The summed E-state index contributed by atoms with van der Waals surface area (Å²) in [6.45, 7) is 2.24. The molecule has 0 atom stereocenters. The van der Waals surface area contributed by atoms with Crippen LogP contribution in [-0.4, -0.2) is 12.6 Å². The van der Waals surface area contributed by atoms with Crippen LogP contribution in [0.2, 0.25) is 5.02 Å². The summed E-state index contributed by atoms with van der Waals surface area (Å²) in [6.07, 6.45) is 0.318. The highest BCUT2D eigenvalue weighted by Crippen LogP contribution is 2.35. The zero-order valence-corrected chi connectivity index (χ0v) is 12.6. The Hall–Kier alpha value is -1.58. The van der Waals surface area contributed by atoms with Crippen LogP contribution in [0, 0.1) is 0 Å². The van der Waals surface area contributed by atoms with Gasteiger partial charge in [0, 0.05) is 25.2 Å². The van der Waals surface area contributed by atoms with Crippen molar-refractivity contribution in [2.45, 2.75) is 13.3 Å². The Bertz CT molecular complexity index is 792. The van der Waals surface area contributed by atoms with Gasteiger partial charge in [0.1, 0.15) is 0 Å². The molecule has 0 N–H and O–H groups in total. The molecule has 102 valence electrons. The third kappa shape index (κ3) is 2.51. The summed E-state index contributed by atoms with van der Waals surface area (Å²) in [6, 6.07) is 12.0. The van der Waals surface area contributed by atoms with Crippen molar-refractivity contribution in [2.24, 2.45) is 0 Å². The molecule has 0 spiro atoms. The number of carbonyl (C=O) groups is 1. The van der Waals surface area contributed by atoms with Crippen LogP contribution in [0.1, 0.15) is 12.5 Å². The Kier molecular flexibility index (Phi) is 3.64.